The van der Waals surface area contributed by atoms with Gasteiger partial charge in [-0.15, -0.1) is 0 Å². The summed E-state index contributed by atoms with van der Waals surface area (Å²) in [4.78, 5) is 29.2. The van der Waals surface area contributed by atoms with Crippen molar-refractivity contribution in [2.75, 3.05) is 0 Å². The molecule has 1 heterocycles. The van der Waals surface area contributed by atoms with Crippen molar-refractivity contribution < 1.29 is 19.4 Å². The molecule has 3 N–H and O–H groups in total. The summed E-state index contributed by atoms with van der Waals surface area (Å²) in [6, 6.07) is 9.07. The maximum Gasteiger partial charge on any atom is 0.412 e. The molecule has 0 aliphatic rings. The average Bonchev–Trinajstić information content (AvgIpc) is 2.98. The molecule has 7 nitrogen and oxygen atoms in total. The molecule has 0 saturated heterocycles. The number of carbonyl (C=O) groups is 2. The van der Waals surface area contributed by atoms with Crippen LogP contribution in [0.15, 0.2) is 48.4 Å². The highest BCUT2D eigenvalue weighted by Crippen LogP contribution is 2.03. The number of carbonyl (C=O) groups excluding carboxylic acids is 1. The van der Waals surface area contributed by atoms with E-state index in [9.17, 15) is 9.59 Å². The fraction of sp³-hybridized carbons (Fsp3) is 0.0714. The van der Waals surface area contributed by atoms with Crippen LogP contribution >= 0.6 is 0 Å². The summed E-state index contributed by atoms with van der Waals surface area (Å²) in [5, 5.41) is 11.2. The highest BCUT2D eigenvalue weighted by molar-refractivity contribution is 5.95. The van der Waals surface area contributed by atoms with E-state index in [1.165, 1.54) is 12.3 Å². The Bertz CT molecular complexity index is 636. The lowest BCUT2D eigenvalue weighted by Gasteiger charge is -2.07. The van der Waals surface area contributed by atoms with Gasteiger partial charge in [0.25, 0.3) is 0 Å². The topological polar surface area (TPSA) is 104 Å². The van der Waals surface area contributed by atoms with Crippen LogP contribution in [0.4, 0.5) is 4.79 Å². The van der Waals surface area contributed by atoms with Crippen LogP contribution in [0, 0.1) is 0 Å². The van der Waals surface area contributed by atoms with Crippen LogP contribution in [-0.2, 0) is 16.1 Å². The van der Waals surface area contributed by atoms with Gasteiger partial charge in [0.15, 0.2) is 0 Å². The molecule has 1 aromatic carbocycles. The number of hydrogen-bond acceptors (Lipinski definition) is 4. The molecule has 7 heteroatoms. The second-order valence-electron chi connectivity index (χ2n) is 4.02. The Morgan fingerprint density at radius 2 is 2.10 bits per heavy atom. The van der Waals surface area contributed by atoms with Crippen molar-refractivity contribution >= 4 is 18.1 Å². The lowest BCUT2D eigenvalue weighted by molar-refractivity contribution is -0.132. The zero-order chi connectivity index (χ0) is 15.1. The van der Waals surface area contributed by atoms with Crippen LogP contribution < -0.4 is 5.32 Å². The number of carboxylic acid groups (broad SMARTS) is 1. The Kier molecular flexibility index (Phi) is 4.70. The number of aliphatic carboxylic acids is 1. The minimum atomic E-state index is -1.29. The zero-order valence-corrected chi connectivity index (χ0v) is 10.9. The third-order valence-electron chi connectivity index (χ3n) is 2.48. The average molecular weight is 287 g/mol. The molecule has 0 radical (unpaired) electrons. The normalized spacial score (nSPS) is 11.0. The van der Waals surface area contributed by atoms with E-state index in [4.69, 9.17) is 9.84 Å². The van der Waals surface area contributed by atoms with Gasteiger partial charge in [-0.25, -0.2) is 14.6 Å². The molecule has 2 aromatic rings. The molecular weight excluding hydrogens is 274 g/mol. The number of benzene rings is 1. The van der Waals surface area contributed by atoms with E-state index >= 15 is 0 Å². The minimum Gasteiger partial charge on any atom is -0.477 e. The Hall–Kier alpha value is -3.09. The van der Waals surface area contributed by atoms with E-state index in [2.05, 4.69) is 15.3 Å². The van der Waals surface area contributed by atoms with E-state index in [0.29, 0.717) is 5.82 Å². The first-order chi connectivity index (χ1) is 10.1. The number of H-pyrrole nitrogens is 1. The third-order valence-corrected chi connectivity index (χ3v) is 2.48. The predicted octanol–water partition coefficient (Wildman–Crippen LogP) is 1.76. The summed E-state index contributed by atoms with van der Waals surface area (Å²) in [6.07, 6.45) is 3.36. The number of nitrogens with zero attached hydrogens (tertiary/aromatic N) is 1. The van der Waals surface area contributed by atoms with E-state index in [0.717, 1.165) is 5.56 Å². The van der Waals surface area contributed by atoms with Gasteiger partial charge in [-0.1, -0.05) is 30.3 Å². The molecule has 0 aliphatic heterocycles. The van der Waals surface area contributed by atoms with Gasteiger partial charge in [-0.05, 0) is 5.56 Å². The number of ether oxygens (including phenoxy) is 1. The molecule has 0 unspecified atom stereocenters. The Morgan fingerprint density at radius 1 is 1.33 bits per heavy atom. The summed E-state index contributed by atoms with van der Waals surface area (Å²) >= 11 is 0. The van der Waals surface area contributed by atoms with Crippen LogP contribution in [-0.4, -0.2) is 27.1 Å². The van der Waals surface area contributed by atoms with Gasteiger partial charge in [-0.2, -0.15) is 0 Å². The molecule has 0 atom stereocenters. The van der Waals surface area contributed by atoms with E-state index < -0.39 is 12.1 Å². The summed E-state index contributed by atoms with van der Waals surface area (Å²) in [7, 11) is 0. The molecule has 21 heavy (non-hydrogen) atoms. The molecule has 0 fully saturated rings. The molecule has 1 amide bonds. The lowest BCUT2D eigenvalue weighted by Crippen LogP contribution is -2.27. The summed E-state index contributed by atoms with van der Waals surface area (Å²) in [5.41, 5.74) is 0.475. The van der Waals surface area contributed by atoms with E-state index in [-0.39, 0.29) is 12.3 Å². The quantitative estimate of drug-likeness (QED) is 0.727. The van der Waals surface area contributed by atoms with Crippen LogP contribution in [0.25, 0.3) is 6.08 Å². The first-order valence-electron chi connectivity index (χ1n) is 6.07. The fourth-order valence-corrected chi connectivity index (χ4v) is 1.51. The highest BCUT2D eigenvalue weighted by atomic mass is 16.5. The van der Waals surface area contributed by atoms with Gasteiger partial charge in [0.05, 0.1) is 0 Å². The second-order valence-corrected chi connectivity index (χ2v) is 4.02. The standard InChI is InChI=1S/C14H13N3O4/c18-13(19)11(8-12-15-6-7-16-12)17-14(20)21-9-10-4-2-1-3-5-10/h1-8H,9H2,(H,15,16)(H,17,20)(H,18,19)/b11-8-. The Morgan fingerprint density at radius 3 is 2.71 bits per heavy atom. The summed E-state index contributed by atoms with van der Waals surface area (Å²) in [6.45, 7) is 0.0559. The number of nitrogens with one attached hydrogen (secondary N) is 2. The van der Waals surface area contributed by atoms with Gasteiger partial charge in [0, 0.05) is 18.5 Å². The minimum absolute atomic E-state index is 0.0559. The summed E-state index contributed by atoms with van der Waals surface area (Å²) in [5.74, 6) is -0.973. The zero-order valence-electron chi connectivity index (χ0n) is 10.9. The SMILES string of the molecule is O=C(N/C(=C\c1ncc[nH]1)C(=O)O)OCc1ccccc1. The van der Waals surface area contributed by atoms with Gasteiger partial charge in [-0.3, -0.25) is 5.32 Å². The number of carboxylic acids is 1. The molecule has 0 aliphatic carbocycles. The number of amides is 1. The first kappa shape index (κ1) is 14.3. The fourth-order valence-electron chi connectivity index (χ4n) is 1.51. The third kappa shape index (κ3) is 4.50. The van der Waals surface area contributed by atoms with Gasteiger partial charge in [0.1, 0.15) is 18.1 Å². The van der Waals surface area contributed by atoms with Crippen molar-refractivity contribution in [2.45, 2.75) is 6.61 Å². The molecule has 0 bridgehead atoms. The maximum atomic E-state index is 11.6. The van der Waals surface area contributed by atoms with Crippen LogP contribution in [0.1, 0.15) is 11.4 Å². The Balaban J connectivity index is 1.94. The lowest BCUT2D eigenvalue weighted by atomic mass is 10.2. The number of aromatic amines is 1. The van der Waals surface area contributed by atoms with Crippen LogP contribution in [0.3, 0.4) is 0 Å². The number of alkyl carbamates (subject to hydrolysis) is 1. The maximum absolute atomic E-state index is 11.6. The van der Waals surface area contributed by atoms with Crippen LogP contribution in [0.5, 0.6) is 0 Å². The number of aromatic nitrogens is 2. The van der Waals surface area contributed by atoms with E-state index in [1.807, 2.05) is 18.2 Å². The first-order valence-corrected chi connectivity index (χ1v) is 6.07. The number of hydrogen-bond donors (Lipinski definition) is 3. The van der Waals surface area contributed by atoms with Crippen molar-refractivity contribution in [3.05, 3.63) is 59.8 Å². The monoisotopic (exact) mass is 287 g/mol. The number of rotatable bonds is 5. The Labute approximate surface area is 120 Å². The highest BCUT2D eigenvalue weighted by Gasteiger charge is 2.13. The van der Waals surface area contributed by atoms with Gasteiger partial charge >= 0.3 is 12.1 Å². The predicted molar refractivity (Wildman–Crippen MR) is 74.0 cm³/mol. The van der Waals surface area contributed by atoms with Crippen molar-refractivity contribution in [1.29, 1.82) is 0 Å². The molecule has 0 spiro atoms. The van der Waals surface area contributed by atoms with Crippen molar-refractivity contribution in [3.63, 3.8) is 0 Å². The van der Waals surface area contributed by atoms with Crippen molar-refractivity contribution in [2.24, 2.45) is 0 Å². The molecule has 0 saturated carbocycles. The summed E-state index contributed by atoms with van der Waals surface area (Å²) < 4.78 is 4.94. The molecule has 108 valence electrons. The molecule has 1 aromatic heterocycles. The molecular formula is C14H13N3O4. The van der Waals surface area contributed by atoms with E-state index in [1.54, 1.807) is 18.3 Å². The largest absolute Gasteiger partial charge is 0.477 e. The van der Waals surface area contributed by atoms with Crippen LogP contribution in [0.2, 0.25) is 0 Å². The van der Waals surface area contributed by atoms with Crippen molar-refractivity contribution in [3.8, 4) is 0 Å². The molecule has 2 rings (SSSR count). The van der Waals surface area contributed by atoms with Crippen molar-refractivity contribution in [1.82, 2.24) is 15.3 Å². The number of imidazole rings is 1. The van der Waals surface area contributed by atoms with Gasteiger partial charge < -0.3 is 14.8 Å². The van der Waals surface area contributed by atoms with Gasteiger partial charge in [0.2, 0.25) is 0 Å². The second kappa shape index (κ2) is 6.90. The smallest absolute Gasteiger partial charge is 0.412 e.